The number of rotatable bonds is 3. The molecule has 2 rings (SSSR count). The van der Waals surface area contributed by atoms with E-state index in [1.807, 2.05) is 0 Å². The summed E-state index contributed by atoms with van der Waals surface area (Å²) in [6, 6.07) is 0. The second-order valence-corrected chi connectivity index (χ2v) is 5.09. The third-order valence-corrected chi connectivity index (χ3v) is 4.01. The first-order valence-electron chi connectivity index (χ1n) is 5.80. The molecule has 1 heterocycles. The zero-order chi connectivity index (χ0) is 10.9. The van der Waals surface area contributed by atoms with Gasteiger partial charge in [-0.15, -0.1) is 0 Å². The summed E-state index contributed by atoms with van der Waals surface area (Å²) in [6.45, 7) is 3.83. The normalized spacial score (nSPS) is 36.5. The van der Waals surface area contributed by atoms with Crippen LogP contribution in [0, 0.1) is 11.3 Å². The minimum absolute atomic E-state index is 0.0946. The van der Waals surface area contributed by atoms with E-state index in [0.717, 1.165) is 45.3 Å². The quantitative estimate of drug-likeness (QED) is 0.716. The molecular weight excluding hydrogens is 192 g/mol. The van der Waals surface area contributed by atoms with Crippen LogP contribution in [0.15, 0.2) is 0 Å². The highest BCUT2D eigenvalue weighted by Crippen LogP contribution is 2.47. The maximum Gasteiger partial charge on any atom is 0.306 e. The lowest BCUT2D eigenvalue weighted by Gasteiger charge is -2.23. The van der Waals surface area contributed by atoms with Gasteiger partial charge in [0.1, 0.15) is 0 Å². The molecule has 0 bridgehead atoms. The Balaban J connectivity index is 1.92. The molecule has 15 heavy (non-hydrogen) atoms. The molecule has 3 N–H and O–H groups in total. The first-order valence-corrected chi connectivity index (χ1v) is 5.80. The lowest BCUT2D eigenvalue weighted by Crippen LogP contribution is -2.30. The van der Waals surface area contributed by atoms with E-state index >= 15 is 0 Å². The number of nitrogens with zero attached hydrogens (tertiary/aromatic N) is 1. The second kappa shape index (κ2) is 4.10. The Morgan fingerprint density at radius 2 is 2.33 bits per heavy atom. The molecule has 0 radical (unpaired) electrons. The van der Waals surface area contributed by atoms with E-state index in [9.17, 15) is 4.79 Å². The number of carboxylic acids is 1. The lowest BCUT2D eigenvalue weighted by atomic mass is 9.84. The molecule has 1 saturated heterocycles. The summed E-state index contributed by atoms with van der Waals surface area (Å²) < 4.78 is 0. The number of carboxylic acid groups (broad SMARTS) is 1. The molecule has 0 aromatic heterocycles. The van der Waals surface area contributed by atoms with Crippen molar-refractivity contribution in [2.75, 3.05) is 26.2 Å². The Bertz CT molecular complexity index is 257. The smallest absolute Gasteiger partial charge is 0.306 e. The topological polar surface area (TPSA) is 66.6 Å². The van der Waals surface area contributed by atoms with Gasteiger partial charge in [-0.2, -0.15) is 0 Å². The molecule has 1 aliphatic heterocycles. The third kappa shape index (κ3) is 2.16. The van der Waals surface area contributed by atoms with Gasteiger partial charge in [-0.25, -0.2) is 0 Å². The molecule has 1 spiro atoms. The van der Waals surface area contributed by atoms with Gasteiger partial charge in [0.15, 0.2) is 0 Å². The van der Waals surface area contributed by atoms with Crippen molar-refractivity contribution in [2.24, 2.45) is 17.1 Å². The fraction of sp³-hybridized carbons (Fsp3) is 0.909. The summed E-state index contributed by atoms with van der Waals surface area (Å²) in [5, 5.41) is 8.99. The highest BCUT2D eigenvalue weighted by molar-refractivity contribution is 5.70. The van der Waals surface area contributed by atoms with Gasteiger partial charge in [0.2, 0.25) is 0 Å². The van der Waals surface area contributed by atoms with Crippen LogP contribution in [0.3, 0.4) is 0 Å². The van der Waals surface area contributed by atoms with Crippen molar-refractivity contribution in [2.45, 2.75) is 25.7 Å². The molecule has 2 atom stereocenters. The van der Waals surface area contributed by atoms with E-state index in [1.165, 1.54) is 0 Å². The molecule has 1 aliphatic carbocycles. The molecular formula is C11H20N2O2. The predicted molar refractivity (Wildman–Crippen MR) is 57.5 cm³/mol. The molecule has 1 saturated carbocycles. The molecule has 0 aromatic rings. The number of nitrogens with two attached hydrogens (primary N) is 1. The number of hydrogen-bond donors (Lipinski definition) is 2. The van der Waals surface area contributed by atoms with Crippen molar-refractivity contribution in [3.05, 3.63) is 0 Å². The van der Waals surface area contributed by atoms with Gasteiger partial charge in [-0.1, -0.05) is 0 Å². The van der Waals surface area contributed by atoms with Crippen LogP contribution in [0.5, 0.6) is 0 Å². The SMILES string of the molecule is NCCN1CC[C@@]2(CC[C@@H](C(=O)O)C2)C1. The van der Waals surface area contributed by atoms with Gasteiger partial charge in [0, 0.05) is 19.6 Å². The van der Waals surface area contributed by atoms with Crippen molar-refractivity contribution < 1.29 is 9.90 Å². The minimum Gasteiger partial charge on any atom is -0.481 e. The van der Waals surface area contributed by atoms with Gasteiger partial charge >= 0.3 is 5.97 Å². The lowest BCUT2D eigenvalue weighted by molar-refractivity contribution is -0.141. The van der Waals surface area contributed by atoms with Gasteiger partial charge in [0.25, 0.3) is 0 Å². The fourth-order valence-electron chi connectivity index (χ4n) is 3.19. The molecule has 2 fully saturated rings. The summed E-state index contributed by atoms with van der Waals surface area (Å²) in [5.41, 5.74) is 5.84. The van der Waals surface area contributed by atoms with Gasteiger partial charge in [0.05, 0.1) is 5.92 Å². The van der Waals surface area contributed by atoms with Crippen molar-refractivity contribution in [1.82, 2.24) is 4.90 Å². The van der Waals surface area contributed by atoms with Crippen LogP contribution in [-0.4, -0.2) is 42.2 Å². The minimum atomic E-state index is -0.607. The van der Waals surface area contributed by atoms with Crippen LogP contribution in [0.1, 0.15) is 25.7 Å². The van der Waals surface area contributed by atoms with Crippen molar-refractivity contribution in [3.8, 4) is 0 Å². The Hall–Kier alpha value is -0.610. The Morgan fingerprint density at radius 3 is 2.93 bits per heavy atom. The fourth-order valence-corrected chi connectivity index (χ4v) is 3.19. The molecule has 4 heteroatoms. The highest BCUT2D eigenvalue weighted by atomic mass is 16.4. The largest absolute Gasteiger partial charge is 0.481 e. The summed E-state index contributed by atoms with van der Waals surface area (Å²) in [5.74, 6) is -0.702. The molecule has 86 valence electrons. The van der Waals surface area contributed by atoms with Crippen LogP contribution in [0.25, 0.3) is 0 Å². The maximum absolute atomic E-state index is 10.9. The number of likely N-dealkylation sites (tertiary alicyclic amines) is 1. The van der Waals surface area contributed by atoms with Gasteiger partial charge in [-0.05, 0) is 37.6 Å². The number of hydrogen-bond acceptors (Lipinski definition) is 3. The summed E-state index contributed by atoms with van der Waals surface area (Å²) in [7, 11) is 0. The molecule has 0 aromatic carbocycles. The number of aliphatic carboxylic acids is 1. The first kappa shape index (κ1) is 10.9. The van der Waals surface area contributed by atoms with Crippen LogP contribution >= 0.6 is 0 Å². The average molecular weight is 212 g/mol. The van der Waals surface area contributed by atoms with Crippen LogP contribution < -0.4 is 5.73 Å². The van der Waals surface area contributed by atoms with Crippen molar-refractivity contribution in [1.29, 1.82) is 0 Å². The van der Waals surface area contributed by atoms with Crippen molar-refractivity contribution in [3.63, 3.8) is 0 Å². The Labute approximate surface area is 90.4 Å². The number of carbonyl (C=O) groups is 1. The van der Waals surface area contributed by atoms with Crippen LogP contribution in [0.2, 0.25) is 0 Å². The van der Waals surface area contributed by atoms with Gasteiger partial charge in [-0.3, -0.25) is 4.79 Å². The van der Waals surface area contributed by atoms with Crippen LogP contribution in [-0.2, 0) is 4.79 Å². The van der Waals surface area contributed by atoms with E-state index < -0.39 is 5.97 Å². The van der Waals surface area contributed by atoms with Crippen molar-refractivity contribution >= 4 is 5.97 Å². The Morgan fingerprint density at radius 1 is 1.53 bits per heavy atom. The van der Waals surface area contributed by atoms with Crippen LogP contribution in [0.4, 0.5) is 0 Å². The van der Waals surface area contributed by atoms with E-state index in [2.05, 4.69) is 4.90 Å². The average Bonchev–Trinajstić information content (AvgIpc) is 2.76. The summed E-state index contributed by atoms with van der Waals surface area (Å²) in [4.78, 5) is 13.3. The second-order valence-electron chi connectivity index (χ2n) is 5.09. The van der Waals surface area contributed by atoms with Gasteiger partial charge < -0.3 is 15.7 Å². The summed E-state index contributed by atoms with van der Waals surface area (Å²) >= 11 is 0. The molecule has 4 nitrogen and oxygen atoms in total. The van der Waals surface area contributed by atoms with E-state index in [1.54, 1.807) is 0 Å². The molecule has 0 amide bonds. The summed E-state index contributed by atoms with van der Waals surface area (Å²) in [6.07, 6.45) is 4.00. The maximum atomic E-state index is 10.9. The monoisotopic (exact) mass is 212 g/mol. The van der Waals surface area contributed by atoms with E-state index in [-0.39, 0.29) is 5.92 Å². The zero-order valence-corrected chi connectivity index (χ0v) is 9.11. The standard InChI is InChI=1S/C11H20N2O2/c12-4-6-13-5-3-11(8-13)2-1-9(7-11)10(14)15/h9H,1-8,12H2,(H,14,15)/t9-,11-/m1/s1. The zero-order valence-electron chi connectivity index (χ0n) is 9.11. The first-order chi connectivity index (χ1) is 7.15. The van der Waals surface area contributed by atoms with E-state index in [4.69, 9.17) is 10.8 Å². The highest BCUT2D eigenvalue weighted by Gasteiger charge is 2.45. The third-order valence-electron chi connectivity index (χ3n) is 4.01. The predicted octanol–water partition coefficient (Wildman–Crippen LogP) is 0.522. The molecule has 0 unspecified atom stereocenters. The Kier molecular flexibility index (Phi) is 2.98. The van der Waals surface area contributed by atoms with E-state index in [0.29, 0.717) is 12.0 Å². The molecule has 2 aliphatic rings.